The topological polar surface area (TPSA) is 65.3 Å². The maximum absolute atomic E-state index is 5.97. The van der Waals surface area contributed by atoms with Crippen LogP contribution in [0.4, 0.5) is 0 Å². The second-order valence-corrected chi connectivity index (χ2v) is 6.14. The molecule has 0 amide bonds. The Kier molecular flexibility index (Phi) is 4.60. The van der Waals surface area contributed by atoms with E-state index < -0.39 is 0 Å². The maximum atomic E-state index is 5.97. The van der Waals surface area contributed by atoms with Gasteiger partial charge in [0.2, 0.25) is 0 Å². The smallest absolute Gasteiger partial charge is 0.168 e. The molecule has 3 heterocycles. The fourth-order valence-electron chi connectivity index (χ4n) is 2.29. The molecular formula is C18H22O6. The van der Waals surface area contributed by atoms with E-state index in [0.29, 0.717) is 25.6 Å². The molecule has 24 heavy (non-hydrogen) atoms. The van der Waals surface area contributed by atoms with Crippen molar-refractivity contribution in [2.45, 2.75) is 25.2 Å². The van der Waals surface area contributed by atoms with Gasteiger partial charge in [-0.05, 0) is 13.0 Å². The van der Waals surface area contributed by atoms with Gasteiger partial charge < -0.3 is 28.4 Å². The van der Waals surface area contributed by atoms with E-state index in [0.717, 1.165) is 36.9 Å². The molecule has 0 saturated carbocycles. The Hall–Kier alpha value is -1.76. The summed E-state index contributed by atoms with van der Waals surface area (Å²) in [6.45, 7) is 5.84. The standard InChI is InChI=1S/C18H22O6/c1-2-3-12-4-13(19-6-14-7-20-14)5-17(23-10-15-8-21-15)18(12)24-11-16-9-22-16/h2-5,14-16H,6-11H2,1H3. The highest BCUT2D eigenvalue weighted by Crippen LogP contribution is 2.38. The molecule has 0 aliphatic carbocycles. The minimum Gasteiger partial charge on any atom is -0.491 e. The Morgan fingerprint density at radius 1 is 0.917 bits per heavy atom. The summed E-state index contributed by atoms with van der Waals surface area (Å²) in [5.74, 6) is 2.15. The predicted molar refractivity (Wildman–Crippen MR) is 86.9 cm³/mol. The maximum Gasteiger partial charge on any atom is 0.168 e. The third-order valence-corrected chi connectivity index (χ3v) is 3.88. The van der Waals surface area contributed by atoms with Crippen molar-refractivity contribution in [2.75, 3.05) is 39.6 Å². The van der Waals surface area contributed by atoms with Crippen LogP contribution in [-0.2, 0) is 14.2 Å². The van der Waals surface area contributed by atoms with Gasteiger partial charge in [0.25, 0.3) is 0 Å². The van der Waals surface area contributed by atoms with Crippen LogP contribution in [0.5, 0.6) is 17.2 Å². The zero-order chi connectivity index (χ0) is 16.4. The molecule has 3 atom stereocenters. The van der Waals surface area contributed by atoms with Gasteiger partial charge in [-0.1, -0.05) is 12.2 Å². The Bertz CT molecular complexity index is 602. The molecule has 0 bridgehead atoms. The minimum atomic E-state index is 0.180. The van der Waals surface area contributed by atoms with E-state index in [1.54, 1.807) is 0 Å². The molecular weight excluding hydrogens is 312 g/mol. The first-order valence-electron chi connectivity index (χ1n) is 8.36. The van der Waals surface area contributed by atoms with Crippen LogP contribution in [0.15, 0.2) is 18.2 Å². The number of benzene rings is 1. The highest BCUT2D eigenvalue weighted by molar-refractivity contribution is 5.65. The SMILES string of the molecule is CC=Cc1cc(OCC2CO2)cc(OCC2CO2)c1OCC1CO1. The van der Waals surface area contributed by atoms with Crippen LogP contribution < -0.4 is 14.2 Å². The Morgan fingerprint density at radius 2 is 1.50 bits per heavy atom. The monoisotopic (exact) mass is 334 g/mol. The highest BCUT2D eigenvalue weighted by Gasteiger charge is 2.27. The third kappa shape index (κ3) is 4.41. The molecule has 0 spiro atoms. The average molecular weight is 334 g/mol. The van der Waals surface area contributed by atoms with Crippen LogP contribution in [0, 0.1) is 0 Å². The largest absolute Gasteiger partial charge is 0.491 e. The minimum absolute atomic E-state index is 0.180. The number of hydrogen-bond acceptors (Lipinski definition) is 6. The van der Waals surface area contributed by atoms with E-state index >= 15 is 0 Å². The van der Waals surface area contributed by atoms with Gasteiger partial charge in [0, 0.05) is 11.6 Å². The van der Waals surface area contributed by atoms with Crippen LogP contribution >= 0.6 is 0 Å². The number of rotatable bonds is 10. The zero-order valence-corrected chi connectivity index (χ0v) is 13.7. The van der Waals surface area contributed by atoms with Gasteiger partial charge in [-0.2, -0.15) is 0 Å². The zero-order valence-electron chi connectivity index (χ0n) is 13.7. The van der Waals surface area contributed by atoms with Gasteiger partial charge in [0.1, 0.15) is 43.9 Å². The summed E-state index contributed by atoms with van der Waals surface area (Å²) in [7, 11) is 0. The van der Waals surface area contributed by atoms with Crippen molar-refractivity contribution in [3.8, 4) is 17.2 Å². The first kappa shape index (κ1) is 15.7. The van der Waals surface area contributed by atoms with Crippen molar-refractivity contribution in [3.05, 3.63) is 23.8 Å². The molecule has 1 aromatic rings. The summed E-state index contributed by atoms with van der Waals surface area (Å²) in [5, 5.41) is 0. The van der Waals surface area contributed by atoms with Crippen molar-refractivity contribution in [2.24, 2.45) is 0 Å². The van der Waals surface area contributed by atoms with E-state index in [1.807, 2.05) is 31.2 Å². The lowest BCUT2D eigenvalue weighted by atomic mass is 10.1. The van der Waals surface area contributed by atoms with Crippen LogP contribution in [0.25, 0.3) is 6.08 Å². The van der Waals surface area contributed by atoms with Gasteiger partial charge in [0.15, 0.2) is 11.5 Å². The Morgan fingerprint density at radius 3 is 2.08 bits per heavy atom. The Labute approximate surface area is 141 Å². The van der Waals surface area contributed by atoms with E-state index in [1.165, 1.54) is 0 Å². The molecule has 6 heteroatoms. The quantitative estimate of drug-likeness (QED) is 0.610. The average Bonchev–Trinajstić information content (AvgIpc) is 3.46. The highest BCUT2D eigenvalue weighted by atomic mass is 16.6. The lowest BCUT2D eigenvalue weighted by Crippen LogP contribution is -2.10. The summed E-state index contributed by atoms with van der Waals surface area (Å²) in [4.78, 5) is 0. The molecule has 0 N–H and O–H groups in total. The molecule has 4 rings (SSSR count). The van der Waals surface area contributed by atoms with Gasteiger partial charge in [-0.25, -0.2) is 0 Å². The summed E-state index contributed by atoms with van der Waals surface area (Å²) < 4.78 is 33.4. The van der Waals surface area contributed by atoms with Crippen molar-refractivity contribution >= 4 is 6.08 Å². The van der Waals surface area contributed by atoms with E-state index in [-0.39, 0.29) is 18.3 Å². The van der Waals surface area contributed by atoms with Crippen molar-refractivity contribution < 1.29 is 28.4 Å². The molecule has 3 aliphatic heterocycles. The van der Waals surface area contributed by atoms with Crippen molar-refractivity contribution in [1.82, 2.24) is 0 Å². The van der Waals surface area contributed by atoms with Gasteiger partial charge >= 0.3 is 0 Å². The molecule has 130 valence electrons. The predicted octanol–water partition coefficient (Wildman–Crippen LogP) is 2.05. The normalized spacial score (nSPS) is 27.1. The summed E-state index contributed by atoms with van der Waals surface area (Å²) >= 11 is 0. The van der Waals surface area contributed by atoms with Gasteiger partial charge in [-0.15, -0.1) is 0 Å². The van der Waals surface area contributed by atoms with Gasteiger partial charge in [-0.3, -0.25) is 0 Å². The van der Waals surface area contributed by atoms with E-state index in [2.05, 4.69) is 0 Å². The first-order chi connectivity index (χ1) is 11.8. The first-order valence-corrected chi connectivity index (χ1v) is 8.36. The van der Waals surface area contributed by atoms with Crippen LogP contribution in [0.1, 0.15) is 12.5 Å². The Balaban J connectivity index is 1.54. The summed E-state index contributed by atoms with van der Waals surface area (Å²) in [6.07, 6.45) is 4.54. The fourth-order valence-corrected chi connectivity index (χ4v) is 2.29. The molecule has 3 aliphatic rings. The molecule has 0 radical (unpaired) electrons. The second kappa shape index (κ2) is 7.01. The molecule has 0 aromatic heterocycles. The van der Waals surface area contributed by atoms with E-state index in [4.69, 9.17) is 28.4 Å². The molecule has 3 fully saturated rings. The number of ether oxygens (including phenoxy) is 6. The fraction of sp³-hybridized carbons (Fsp3) is 0.556. The molecule has 3 saturated heterocycles. The summed E-state index contributed by atoms with van der Waals surface area (Å²) in [5.41, 5.74) is 0.930. The van der Waals surface area contributed by atoms with Crippen LogP contribution in [0.3, 0.4) is 0 Å². The molecule has 6 nitrogen and oxygen atoms in total. The van der Waals surface area contributed by atoms with Gasteiger partial charge in [0.05, 0.1) is 19.8 Å². The van der Waals surface area contributed by atoms with Crippen molar-refractivity contribution in [3.63, 3.8) is 0 Å². The second-order valence-electron chi connectivity index (χ2n) is 6.14. The summed E-state index contributed by atoms with van der Waals surface area (Å²) in [6, 6.07) is 3.84. The molecule has 1 aromatic carbocycles. The van der Waals surface area contributed by atoms with Crippen LogP contribution in [-0.4, -0.2) is 58.0 Å². The lowest BCUT2D eigenvalue weighted by Gasteiger charge is -2.16. The van der Waals surface area contributed by atoms with Crippen molar-refractivity contribution in [1.29, 1.82) is 0 Å². The van der Waals surface area contributed by atoms with Crippen LogP contribution in [0.2, 0.25) is 0 Å². The number of epoxide rings is 3. The lowest BCUT2D eigenvalue weighted by molar-refractivity contribution is 0.224. The third-order valence-electron chi connectivity index (χ3n) is 3.88. The number of allylic oxidation sites excluding steroid dienone is 1. The molecule has 3 unspecified atom stereocenters. The van der Waals surface area contributed by atoms with E-state index in [9.17, 15) is 0 Å². The number of hydrogen-bond donors (Lipinski definition) is 0.